The van der Waals surface area contributed by atoms with Crippen molar-refractivity contribution < 1.29 is 13.2 Å². The van der Waals surface area contributed by atoms with E-state index in [1.165, 1.54) is 4.68 Å². The summed E-state index contributed by atoms with van der Waals surface area (Å²) in [4.78, 5) is 15.3. The van der Waals surface area contributed by atoms with Gasteiger partial charge in [-0.3, -0.25) is 4.79 Å². The molecule has 9 heteroatoms. The number of para-hydroxylation sites is 1. The van der Waals surface area contributed by atoms with Crippen LogP contribution < -0.4 is 15.0 Å². The number of nitrogens with one attached hydrogen (secondary N) is 2. The van der Waals surface area contributed by atoms with E-state index >= 15 is 0 Å². The summed E-state index contributed by atoms with van der Waals surface area (Å²) in [6.45, 7) is 0.138. The van der Waals surface area contributed by atoms with E-state index in [0.29, 0.717) is 33.7 Å². The van der Waals surface area contributed by atoms with Gasteiger partial charge in [-0.1, -0.05) is 24.3 Å². The van der Waals surface area contributed by atoms with Crippen LogP contribution in [-0.2, 0) is 24.5 Å². The van der Waals surface area contributed by atoms with Crippen LogP contribution in [0.1, 0.15) is 5.56 Å². The van der Waals surface area contributed by atoms with Crippen LogP contribution in [-0.4, -0.2) is 23.2 Å². The second-order valence-corrected chi connectivity index (χ2v) is 7.21. The predicted octanol–water partition coefficient (Wildman–Crippen LogP) is 2.34. The lowest BCUT2D eigenvalue weighted by molar-refractivity contribution is 0.484. The third kappa shape index (κ3) is 3.91. The smallest absolute Gasteiger partial charge is 0.290 e. The van der Waals surface area contributed by atoms with Crippen molar-refractivity contribution in [3.63, 3.8) is 0 Å². The molecular formula is C20H18N4O4S. The van der Waals surface area contributed by atoms with Gasteiger partial charge in [-0.15, -0.1) is 0 Å². The van der Waals surface area contributed by atoms with Gasteiger partial charge in [0.25, 0.3) is 5.56 Å². The minimum absolute atomic E-state index is 0.138. The fraction of sp³-hybridized carbons (Fsp3) is 0.100. The summed E-state index contributed by atoms with van der Waals surface area (Å²) in [7, 11) is -1.13. The van der Waals surface area contributed by atoms with Crippen LogP contribution in [0.25, 0.3) is 22.2 Å². The number of benzene rings is 2. The Balaban J connectivity index is 1.89. The summed E-state index contributed by atoms with van der Waals surface area (Å²) in [5, 5.41) is 5.10. The van der Waals surface area contributed by atoms with Crippen LogP contribution in [0.15, 0.2) is 65.6 Å². The van der Waals surface area contributed by atoms with Crippen molar-refractivity contribution in [1.82, 2.24) is 19.5 Å². The first-order chi connectivity index (χ1) is 14.0. The number of hydrogen-bond acceptors (Lipinski definition) is 5. The van der Waals surface area contributed by atoms with Crippen molar-refractivity contribution in [2.45, 2.75) is 6.54 Å². The van der Waals surface area contributed by atoms with Crippen LogP contribution >= 0.6 is 0 Å². The highest BCUT2D eigenvalue weighted by Gasteiger charge is 2.17. The molecule has 0 unspecified atom stereocenters. The Kier molecular flexibility index (Phi) is 5.15. The van der Waals surface area contributed by atoms with Gasteiger partial charge in [0.15, 0.2) is 0 Å². The number of fused-ring (bicyclic) bond motifs is 1. The molecule has 0 aliphatic heterocycles. The normalized spacial score (nSPS) is 11.2. The van der Waals surface area contributed by atoms with Crippen LogP contribution in [0.2, 0.25) is 0 Å². The molecule has 2 N–H and O–H groups in total. The van der Waals surface area contributed by atoms with Crippen molar-refractivity contribution in [3.05, 3.63) is 76.7 Å². The van der Waals surface area contributed by atoms with Gasteiger partial charge in [-0.05, 0) is 35.9 Å². The third-order valence-corrected chi connectivity index (χ3v) is 4.86. The third-order valence-electron chi connectivity index (χ3n) is 4.44. The average Bonchev–Trinajstić information content (AvgIpc) is 3.21. The van der Waals surface area contributed by atoms with Gasteiger partial charge >= 0.3 is 0 Å². The molecule has 29 heavy (non-hydrogen) atoms. The lowest BCUT2D eigenvalue weighted by Crippen LogP contribution is -2.20. The minimum atomic E-state index is -2.71. The molecule has 0 amide bonds. The highest BCUT2D eigenvalue weighted by Crippen LogP contribution is 2.36. The Morgan fingerprint density at radius 3 is 2.69 bits per heavy atom. The number of aromatic amines is 1. The first-order valence-electron chi connectivity index (χ1n) is 8.81. The summed E-state index contributed by atoms with van der Waals surface area (Å²) in [5.74, 6) is 1.19. The van der Waals surface area contributed by atoms with E-state index in [1.54, 1.807) is 31.4 Å². The van der Waals surface area contributed by atoms with Crippen molar-refractivity contribution in [2.24, 2.45) is 7.05 Å². The van der Waals surface area contributed by atoms with E-state index in [4.69, 9.17) is 4.74 Å². The topological polar surface area (TPSA) is 106 Å². The molecule has 2 heterocycles. The Morgan fingerprint density at radius 1 is 1.14 bits per heavy atom. The van der Waals surface area contributed by atoms with Crippen molar-refractivity contribution in [3.8, 4) is 22.8 Å². The molecule has 0 saturated heterocycles. The lowest BCUT2D eigenvalue weighted by Gasteiger charge is -2.14. The zero-order valence-electron chi connectivity index (χ0n) is 15.5. The largest absolute Gasteiger partial charge is 0.457 e. The Labute approximate surface area is 167 Å². The number of thiol groups is 1. The van der Waals surface area contributed by atoms with E-state index in [1.807, 2.05) is 36.4 Å². The maximum atomic E-state index is 12.4. The molecule has 0 saturated carbocycles. The summed E-state index contributed by atoms with van der Waals surface area (Å²) >= 11 is 0. The Morgan fingerprint density at radius 2 is 1.93 bits per heavy atom. The summed E-state index contributed by atoms with van der Waals surface area (Å²) in [6.07, 6.45) is 1.68. The molecule has 148 valence electrons. The number of rotatable bonds is 6. The Bertz CT molecular complexity index is 1300. The van der Waals surface area contributed by atoms with Crippen LogP contribution in [0.5, 0.6) is 11.5 Å². The predicted molar refractivity (Wildman–Crippen MR) is 110 cm³/mol. The highest BCUT2D eigenvalue weighted by molar-refractivity contribution is 7.70. The van der Waals surface area contributed by atoms with Crippen LogP contribution in [0.3, 0.4) is 0 Å². The van der Waals surface area contributed by atoms with Gasteiger partial charge in [0.2, 0.25) is 10.9 Å². The molecule has 2 aromatic heterocycles. The van der Waals surface area contributed by atoms with E-state index in [-0.39, 0.29) is 12.1 Å². The molecule has 4 rings (SSSR count). The number of aromatic nitrogens is 3. The molecule has 0 bridgehead atoms. The Hall–Kier alpha value is -3.43. The van der Waals surface area contributed by atoms with E-state index in [2.05, 4.69) is 14.8 Å². The molecular weight excluding hydrogens is 392 g/mol. The SMILES string of the molecule is Cn1nc(-c2cc(CN[SH](=O)=O)ccc2Oc2ccccc2)c2cc[nH]c2c1=O. The maximum Gasteiger partial charge on any atom is 0.290 e. The van der Waals surface area contributed by atoms with Gasteiger partial charge in [0, 0.05) is 30.7 Å². The fourth-order valence-corrected chi connectivity index (χ4v) is 3.40. The summed E-state index contributed by atoms with van der Waals surface area (Å²) in [5.41, 5.74) is 2.14. The number of hydrogen-bond donors (Lipinski definition) is 3. The van der Waals surface area contributed by atoms with Gasteiger partial charge in [-0.2, -0.15) is 5.10 Å². The number of aryl methyl sites for hydroxylation is 1. The zero-order chi connectivity index (χ0) is 20.4. The number of ether oxygens (including phenoxy) is 1. The molecule has 0 aliphatic rings. The highest BCUT2D eigenvalue weighted by atomic mass is 32.2. The zero-order valence-corrected chi connectivity index (χ0v) is 16.3. The summed E-state index contributed by atoms with van der Waals surface area (Å²) in [6, 6.07) is 16.4. The minimum Gasteiger partial charge on any atom is -0.457 e. The lowest BCUT2D eigenvalue weighted by atomic mass is 10.0. The average molecular weight is 410 g/mol. The summed E-state index contributed by atoms with van der Waals surface area (Å²) < 4.78 is 31.5. The van der Waals surface area contributed by atoms with Crippen LogP contribution in [0, 0.1) is 0 Å². The molecule has 4 aromatic rings. The second-order valence-electron chi connectivity index (χ2n) is 6.38. The quantitative estimate of drug-likeness (QED) is 0.423. The molecule has 0 fully saturated rings. The van der Waals surface area contributed by atoms with Crippen molar-refractivity contribution >= 4 is 21.8 Å². The standard InChI is InChI=1S/C20H18N4O4S/c1-24-20(25)19-15(9-10-21-19)18(23-24)16-11-13(12-22-29(26)27)7-8-17(16)28-14-5-3-2-4-6-14/h2-11,21,29H,12H2,1H3,(H,22,26,27). The first-order valence-corrected chi connectivity index (χ1v) is 9.99. The van der Waals surface area contributed by atoms with Crippen molar-refractivity contribution in [1.29, 1.82) is 0 Å². The van der Waals surface area contributed by atoms with Gasteiger partial charge in [0.05, 0.1) is 0 Å². The second kappa shape index (κ2) is 7.90. The van der Waals surface area contributed by atoms with E-state index in [0.717, 1.165) is 5.56 Å². The number of H-pyrrole nitrogens is 1. The van der Waals surface area contributed by atoms with E-state index < -0.39 is 10.9 Å². The van der Waals surface area contributed by atoms with Crippen LogP contribution in [0.4, 0.5) is 0 Å². The van der Waals surface area contributed by atoms with E-state index in [9.17, 15) is 13.2 Å². The van der Waals surface area contributed by atoms with Gasteiger partial charge < -0.3 is 9.72 Å². The molecule has 0 spiro atoms. The monoisotopic (exact) mass is 410 g/mol. The molecule has 0 atom stereocenters. The molecule has 0 aliphatic carbocycles. The van der Waals surface area contributed by atoms with Crippen molar-refractivity contribution in [2.75, 3.05) is 0 Å². The number of nitrogens with zero attached hydrogens (tertiary/aromatic N) is 2. The van der Waals surface area contributed by atoms with Gasteiger partial charge in [-0.25, -0.2) is 17.8 Å². The first kappa shape index (κ1) is 18.9. The maximum absolute atomic E-state index is 12.4. The molecule has 8 nitrogen and oxygen atoms in total. The van der Waals surface area contributed by atoms with Gasteiger partial charge in [0.1, 0.15) is 22.7 Å². The molecule has 0 radical (unpaired) electrons. The fourth-order valence-electron chi connectivity index (χ4n) is 3.09. The molecule has 2 aromatic carbocycles.